The maximum atomic E-state index is 11.1. The lowest BCUT2D eigenvalue weighted by Gasteiger charge is -2.28. The summed E-state index contributed by atoms with van der Waals surface area (Å²) < 4.78 is 0. The first-order chi connectivity index (χ1) is 8.59. The molecule has 1 aliphatic heterocycles. The van der Waals surface area contributed by atoms with Crippen molar-refractivity contribution in [2.45, 2.75) is 0 Å². The summed E-state index contributed by atoms with van der Waals surface area (Å²) in [5.74, 6) is 1.25. The molecule has 0 spiro atoms. The molecule has 1 aromatic carbocycles. The van der Waals surface area contributed by atoms with Crippen molar-refractivity contribution < 1.29 is 9.72 Å². The molecule has 0 aliphatic carbocycles. The van der Waals surface area contributed by atoms with E-state index in [2.05, 4.69) is 0 Å². The number of hydrogen-bond acceptors (Lipinski definition) is 5. The fourth-order valence-electron chi connectivity index (χ4n) is 1.89. The molecule has 96 valence electrons. The third kappa shape index (κ3) is 2.56. The highest BCUT2D eigenvalue weighted by Crippen LogP contribution is 2.30. The second kappa shape index (κ2) is 5.26. The Morgan fingerprint density at radius 1 is 1.39 bits per heavy atom. The van der Waals surface area contributed by atoms with Crippen molar-refractivity contribution >= 4 is 29.0 Å². The molecule has 1 aliphatic rings. The monoisotopic (exact) mass is 267 g/mol. The van der Waals surface area contributed by atoms with E-state index < -0.39 is 10.8 Å². The predicted molar refractivity (Wildman–Crippen MR) is 71.2 cm³/mol. The lowest BCUT2D eigenvalue weighted by Crippen LogP contribution is -2.33. The predicted octanol–water partition coefficient (Wildman–Crippen LogP) is 1.25. The average Bonchev–Trinajstić information content (AvgIpc) is 2.39. The fraction of sp³-hybridized carbons (Fsp3) is 0.364. The van der Waals surface area contributed by atoms with Gasteiger partial charge in [0.25, 0.3) is 5.69 Å². The lowest BCUT2D eigenvalue weighted by molar-refractivity contribution is -0.384. The van der Waals surface area contributed by atoms with Gasteiger partial charge in [-0.1, -0.05) is 0 Å². The number of rotatable bonds is 3. The summed E-state index contributed by atoms with van der Waals surface area (Å²) in [5, 5.41) is 11.1. The van der Waals surface area contributed by atoms with Gasteiger partial charge in [0, 0.05) is 36.2 Å². The van der Waals surface area contributed by atoms with Gasteiger partial charge in [0.2, 0.25) is 5.91 Å². The first-order valence-corrected chi connectivity index (χ1v) is 6.66. The average molecular weight is 267 g/mol. The van der Waals surface area contributed by atoms with Crippen molar-refractivity contribution in [3.05, 3.63) is 33.9 Å². The van der Waals surface area contributed by atoms with Crippen molar-refractivity contribution in [3.8, 4) is 0 Å². The van der Waals surface area contributed by atoms with Gasteiger partial charge in [-0.2, -0.15) is 11.8 Å². The summed E-state index contributed by atoms with van der Waals surface area (Å²) in [6, 6.07) is 4.39. The van der Waals surface area contributed by atoms with Crippen LogP contribution in [0.25, 0.3) is 0 Å². The Bertz CT molecular complexity index is 486. The third-order valence-electron chi connectivity index (χ3n) is 2.81. The van der Waals surface area contributed by atoms with Crippen LogP contribution in [0.2, 0.25) is 0 Å². The van der Waals surface area contributed by atoms with Gasteiger partial charge in [-0.05, 0) is 12.1 Å². The molecule has 0 saturated carbocycles. The van der Waals surface area contributed by atoms with Crippen LogP contribution in [0.3, 0.4) is 0 Å². The first kappa shape index (κ1) is 12.7. The van der Waals surface area contributed by atoms with Crippen LogP contribution in [0.4, 0.5) is 11.4 Å². The number of amides is 1. The minimum Gasteiger partial charge on any atom is -0.366 e. The minimum atomic E-state index is -0.654. The van der Waals surface area contributed by atoms with Crippen molar-refractivity contribution in [2.75, 3.05) is 29.5 Å². The second-order valence-corrected chi connectivity index (χ2v) is 5.15. The number of nitrogens with zero attached hydrogens (tertiary/aromatic N) is 2. The molecule has 1 aromatic rings. The van der Waals surface area contributed by atoms with E-state index in [4.69, 9.17) is 5.73 Å². The maximum Gasteiger partial charge on any atom is 0.293 e. The van der Waals surface area contributed by atoms with Gasteiger partial charge >= 0.3 is 0 Å². The smallest absolute Gasteiger partial charge is 0.293 e. The molecule has 18 heavy (non-hydrogen) atoms. The molecule has 1 saturated heterocycles. The molecule has 0 unspecified atom stereocenters. The molecule has 1 heterocycles. The topological polar surface area (TPSA) is 89.5 Å². The number of nitro benzene ring substituents is 1. The number of anilines is 1. The molecule has 2 rings (SSSR count). The lowest BCUT2D eigenvalue weighted by atomic mass is 10.1. The highest BCUT2D eigenvalue weighted by atomic mass is 32.2. The molecule has 6 nitrogen and oxygen atoms in total. The van der Waals surface area contributed by atoms with Crippen LogP contribution >= 0.6 is 11.8 Å². The highest BCUT2D eigenvalue weighted by Gasteiger charge is 2.22. The second-order valence-electron chi connectivity index (χ2n) is 3.92. The van der Waals surface area contributed by atoms with Gasteiger partial charge in [-0.25, -0.2) is 0 Å². The summed E-state index contributed by atoms with van der Waals surface area (Å²) in [7, 11) is 0. The molecule has 0 aromatic heterocycles. The number of nitro groups is 1. The van der Waals surface area contributed by atoms with Crippen LogP contribution in [0, 0.1) is 10.1 Å². The van der Waals surface area contributed by atoms with E-state index >= 15 is 0 Å². The van der Waals surface area contributed by atoms with Gasteiger partial charge in [0.05, 0.1) is 4.92 Å². The van der Waals surface area contributed by atoms with Crippen molar-refractivity contribution in [1.82, 2.24) is 0 Å². The summed E-state index contributed by atoms with van der Waals surface area (Å²) in [6.45, 7) is 1.56. The molecular weight excluding hydrogens is 254 g/mol. The molecule has 0 bridgehead atoms. The largest absolute Gasteiger partial charge is 0.366 e. The number of hydrogen-bond donors (Lipinski definition) is 1. The van der Waals surface area contributed by atoms with Gasteiger partial charge in [0.15, 0.2) is 0 Å². The van der Waals surface area contributed by atoms with Crippen LogP contribution in [0.1, 0.15) is 10.4 Å². The minimum absolute atomic E-state index is 0.0572. The van der Waals surface area contributed by atoms with E-state index in [0.717, 1.165) is 24.6 Å². The van der Waals surface area contributed by atoms with Crippen molar-refractivity contribution in [1.29, 1.82) is 0 Å². The Hall–Kier alpha value is -1.76. The van der Waals surface area contributed by atoms with E-state index in [-0.39, 0.29) is 11.3 Å². The summed E-state index contributed by atoms with van der Waals surface area (Å²) >= 11 is 1.83. The van der Waals surface area contributed by atoms with E-state index in [1.54, 1.807) is 6.07 Å². The van der Waals surface area contributed by atoms with Gasteiger partial charge in [-0.3, -0.25) is 14.9 Å². The van der Waals surface area contributed by atoms with E-state index in [9.17, 15) is 14.9 Å². The molecular formula is C11H13N3O3S. The number of thioether (sulfide) groups is 1. The van der Waals surface area contributed by atoms with E-state index in [1.165, 1.54) is 12.1 Å². The summed E-state index contributed by atoms with van der Waals surface area (Å²) in [6.07, 6.45) is 0. The summed E-state index contributed by atoms with van der Waals surface area (Å²) in [4.78, 5) is 23.6. The molecule has 0 atom stereocenters. The zero-order valence-corrected chi connectivity index (χ0v) is 10.5. The fourth-order valence-corrected chi connectivity index (χ4v) is 2.80. The van der Waals surface area contributed by atoms with E-state index in [0.29, 0.717) is 5.69 Å². The SMILES string of the molecule is NC(=O)c1ccc(N2CCSCC2)c([N+](=O)[O-])c1. The molecule has 1 fully saturated rings. The highest BCUT2D eigenvalue weighted by molar-refractivity contribution is 7.99. The Labute approximate surface area is 108 Å². The van der Waals surface area contributed by atoms with Gasteiger partial charge in [-0.15, -0.1) is 0 Å². The zero-order chi connectivity index (χ0) is 13.1. The molecule has 1 amide bonds. The van der Waals surface area contributed by atoms with Crippen LogP contribution in [-0.2, 0) is 0 Å². The Morgan fingerprint density at radius 2 is 2.06 bits per heavy atom. The van der Waals surface area contributed by atoms with Gasteiger partial charge < -0.3 is 10.6 Å². The Kier molecular flexibility index (Phi) is 3.71. The number of primary amides is 1. The van der Waals surface area contributed by atoms with Crippen molar-refractivity contribution in [2.24, 2.45) is 5.73 Å². The zero-order valence-electron chi connectivity index (χ0n) is 9.67. The van der Waals surface area contributed by atoms with Gasteiger partial charge in [0.1, 0.15) is 5.69 Å². The van der Waals surface area contributed by atoms with Crippen LogP contribution < -0.4 is 10.6 Å². The number of benzene rings is 1. The first-order valence-electron chi connectivity index (χ1n) is 5.50. The normalized spacial score (nSPS) is 15.4. The van der Waals surface area contributed by atoms with Crippen LogP contribution in [0.15, 0.2) is 18.2 Å². The van der Waals surface area contributed by atoms with Crippen LogP contribution in [-0.4, -0.2) is 35.4 Å². The standard InChI is InChI=1S/C11H13N3O3S/c12-11(15)8-1-2-9(10(7-8)14(16)17)13-3-5-18-6-4-13/h1-2,7H,3-6H2,(H2,12,15). The number of carbonyl (C=O) groups excluding carboxylic acids is 1. The quantitative estimate of drug-likeness (QED) is 0.657. The molecule has 7 heteroatoms. The van der Waals surface area contributed by atoms with Crippen LogP contribution in [0.5, 0.6) is 0 Å². The summed E-state index contributed by atoms with van der Waals surface area (Å²) in [5.41, 5.74) is 5.80. The Morgan fingerprint density at radius 3 is 2.61 bits per heavy atom. The van der Waals surface area contributed by atoms with E-state index in [1.807, 2.05) is 16.7 Å². The maximum absolute atomic E-state index is 11.1. The van der Waals surface area contributed by atoms with Crippen molar-refractivity contribution in [3.63, 3.8) is 0 Å². The molecule has 0 radical (unpaired) electrons. The Balaban J connectivity index is 2.39. The molecule has 2 N–H and O–H groups in total. The number of nitrogens with two attached hydrogens (primary N) is 1. The third-order valence-corrected chi connectivity index (χ3v) is 3.75. The number of carbonyl (C=O) groups is 1.